The summed E-state index contributed by atoms with van der Waals surface area (Å²) in [6.45, 7) is 4.14. The Hall–Kier alpha value is -2.93. The van der Waals surface area contributed by atoms with Gasteiger partial charge in [0.1, 0.15) is 5.76 Å². The Bertz CT molecular complexity index is 1150. The van der Waals surface area contributed by atoms with E-state index in [1.807, 2.05) is 24.3 Å². The van der Waals surface area contributed by atoms with E-state index in [0.717, 1.165) is 5.56 Å². The molecule has 2 aromatic carbocycles. The summed E-state index contributed by atoms with van der Waals surface area (Å²) in [5.41, 5.74) is 2.21. The third-order valence-corrected chi connectivity index (χ3v) is 7.80. The van der Waals surface area contributed by atoms with Gasteiger partial charge in [0.25, 0.3) is 11.7 Å². The van der Waals surface area contributed by atoms with Crippen LogP contribution in [0.3, 0.4) is 0 Å². The Labute approximate surface area is 182 Å². The van der Waals surface area contributed by atoms with Gasteiger partial charge in [0.2, 0.25) is 0 Å². The van der Waals surface area contributed by atoms with E-state index < -0.39 is 33.6 Å². The molecule has 0 radical (unpaired) electrons. The molecule has 2 aliphatic heterocycles. The van der Waals surface area contributed by atoms with Crippen LogP contribution in [0.5, 0.6) is 0 Å². The first-order valence-corrected chi connectivity index (χ1v) is 12.2. The van der Waals surface area contributed by atoms with Gasteiger partial charge in [-0.3, -0.25) is 9.59 Å². The van der Waals surface area contributed by atoms with Crippen LogP contribution >= 0.6 is 0 Å². The quantitative estimate of drug-likeness (QED) is 0.448. The van der Waals surface area contributed by atoms with Crippen molar-refractivity contribution in [2.45, 2.75) is 38.3 Å². The van der Waals surface area contributed by atoms with Crippen LogP contribution in [-0.2, 0) is 19.4 Å². The second-order valence-corrected chi connectivity index (χ2v) is 10.7. The number of carbonyl (C=O) groups excluding carboxylic acids is 2. The molecule has 0 spiro atoms. The highest BCUT2D eigenvalue weighted by Crippen LogP contribution is 2.42. The van der Waals surface area contributed by atoms with Crippen LogP contribution < -0.4 is 0 Å². The number of rotatable bonds is 4. The molecule has 0 aromatic heterocycles. The molecule has 0 unspecified atom stereocenters. The molecule has 2 aliphatic rings. The van der Waals surface area contributed by atoms with Gasteiger partial charge in [-0.2, -0.15) is 0 Å². The maximum absolute atomic E-state index is 13.0. The number of benzene rings is 2. The molecule has 1 N–H and O–H groups in total. The number of hydrogen-bond acceptors (Lipinski definition) is 5. The number of Topliss-reactive ketones (excluding diaryl/α,β-unsaturated/α-hetero) is 1. The minimum Gasteiger partial charge on any atom is -0.507 e. The van der Waals surface area contributed by atoms with Gasteiger partial charge in [-0.25, -0.2) is 8.42 Å². The zero-order valence-corrected chi connectivity index (χ0v) is 18.3. The van der Waals surface area contributed by atoms with Crippen molar-refractivity contribution in [2.24, 2.45) is 0 Å². The van der Waals surface area contributed by atoms with E-state index in [1.165, 1.54) is 4.90 Å². The van der Waals surface area contributed by atoms with Gasteiger partial charge in [-0.15, -0.1) is 0 Å². The molecular weight excluding hydrogens is 414 g/mol. The summed E-state index contributed by atoms with van der Waals surface area (Å²) >= 11 is 0. The second kappa shape index (κ2) is 7.96. The van der Waals surface area contributed by atoms with Crippen molar-refractivity contribution >= 4 is 27.3 Å². The van der Waals surface area contributed by atoms with Crippen molar-refractivity contribution in [3.8, 4) is 0 Å². The number of ketones is 1. The van der Waals surface area contributed by atoms with E-state index in [-0.39, 0.29) is 29.3 Å². The molecule has 4 rings (SSSR count). The standard InChI is InChI=1S/C24H25NO5S/c1-15(2)16-8-10-17(11-9-16)21-20(22(26)18-6-4-3-5-7-18)23(27)24(28)25(21)19-12-13-31(29,30)14-19/h3-11,15,19,21,26H,12-14H2,1-2H3/t19-,21+/m1/s1. The van der Waals surface area contributed by atoms with Crippen molar-refractivity contribution in [3.63, 3.8) is 0 Å². The largest absolute Gasteiger partial charge is 0.507 e. The van der Waals surface area contributed by atoms with Gasteiger partial charge >= 0.3 is 0 Å². The molecule has 31 heavy (non-hydrogen) atoms. The average Bonchev–Trinajstić information content (AvgIpc) is 3.24. The van der Waals surface area contributed by atoms with Gasteiger partial charge in [0.05, 0.1) is 23.1 Å². The number of carbonyl (C=O) groups is 2. The Morgan fingerprint density at radius 2 is 1.68 bits per heavy atom. The van der Waals surface area contributed by atoms with E-state index in [2.05, 4.69) is 13.8 Å². The third-order valence-electron chi connectivity index (χ3n) is 6.05. The van der Waals surface area contributed by atoms with Crippen molar-refractivity contribution in [1.29, 1.82) is 0 Å². The third kappa shape index (κ3) is 3.90. The minimum atomic E-state index is -3.27. The lowest BCUT2D eigenvalue weighted by atomic mass is 9.92. The number of aliphatic hydroxyl groups excluding tert-OH is 1. The fourth-order valence-electron chi connectivity index (χ4n) is 4.36. The fraction of sp³-hybridized carbons (Fsp3) is 0.333. The Morgan fingerprint density at radius 3 is 2.23 bits per heavy atom. The van der Waals surface area contributed by atoms with Crippen molar-refractivity contribution in [1.82, 2.24) is 4.90 Å². The Balaban J connectivity index is 1.87. The second-order valence-electron chi connectivity index (χ2n) is 8.45. The van der Waals surface area contributed by atoms with Crippen LogP contribution in [0.25, 0.3) is 5.76 Å². The highest BCUT2D eigenvalue weighted by Gasteiger charge is 2.50. The molecule has 0 aliphatic carbocycles. The Morgan fingerprint density at radius 1 is 1.03 bits per heavy atom. The van der Waals surface area contributed by atoms with Crippen LogP contribution in [-0.4, -0.2) is 47.7 Å². The molecule has 6 nitrogen and oxygen atoms in total. The van der Waals surface area contributed by atoms with E-state index in [9.17, 15) is 23.1 Å². The minimum absolute atomic E-state index is 0.00204. The van der Waals surface area contributed by atoms with Gasteiger partial charge in [-0.05, 0) is 23.5 Å². The molecule has 7 heteroatoms. The van der Waals surface area contributed by atoms with Gasteiger partial charge in [-0.1, -0.05) is 68.4 Å². The van der Waals surface area contributed by atoms with E-state index in [1.54, 1.807) is 30.3 Å². The maximum Gasteiger partial charge on any atom is 0.295 e. The normalized spacial score (nSPS) is 24.8. The van der Waals surface area contributed by atoms with Crippen LogP contribution in [0.1, 0.15) is 48.9 Å². The predicted octanol–water partition coefficient (Wildman–Crippen LogP) is 3.42. The molecule has 0 bridgehead atoms. The Kier molecular flexibility index (Phi) is 5.47. The molecule has 2 aromatic rings. The smallest absolute Gasteiger partial charge is 0.295 e. The number of aliphatic hydroxyl groups is 1. The highest BCUT2D eigenvalue weighted by atomic mass is 32.2. The molecule has 2 atom stereocenters. The zero-order valence-electron chi connectivity index (χ0n) is 17.5. The summed E-state index contributed by atoms with van der Waals surface area (Å²) in [5, 5.41) is 11.0. The molecule has 162 valence electrons. The topological polar surface area (TPSA) is 91.8 Å². The molecular formula is C24H25NO5S. The maximum atomic E-state index is 13.0. The number of sulfone groups is 1. The van der Waals surface area contributed by atoms with E-state index in [0.29, 0.717) is 17.0 Å². The number of hydrogen-bond donors (Lipinski definition) is 1. The van der Waals surface area contributed by atoms with Crippen molar-refractivity contribution < 1.29 is 23.1 Å². The average molecular weight is 440 g/mol. The summed E-state index contributed by atoms with van der Waals surface area (Å²) in [7, 11) is -3.27. The van der Waals surface area contributed by atoms with Gasteiger partial charge < -0.3 is 10.0 Å². The van der Waals surface area contributed by atoms with Crippen molar-refractivity contribution in [2.75, 3.05) is 11.5 Å². The van der Waals surface area contributed by atoms with Gasteiger partial charge in [0.15, 0.2) is 9.84 Å². The predicted molar refractivity (Wildman–Crippen MR) is 118 cm³/mol. The number of nitrogens with zero attached hydrogens (tertiary/aromatic N) is 1. The highest BCUT2D eigenvalue weighted by molar-refractivity contribution is 7.91. The van der Waals surface area contributed by atoms with Crippen LogP contribution in [0.4, 0.5) is 0 Å². The summed E-state index contributed by atoms with van der Waals surface area (Å²) in [6, 6.07) is 14.7. The van der Waals surface area contributed by atoms with Crippen molar-refractivity contribution in [3.05, 3.63) is 76.9 Å². The molecule has 2 heterocycles. The summed E-state index contributed by atoms with van der Waals surface area (Å²) in [5.74, 6) is -1.68. The molecule has 0 saturated carbocycles. The fourth-order valence-corrected chi connectivity index (χ4v) is 6.07. The van der Waals surface area contributed by atoms with E-state index in [4.69, 9.17) is 0 Å². The van der Waals surface area contributed by atoms with Gasteiger partial charge in [0, 0.05) is 11.6 Å². The zero-order chi connectivity index (χ0) is 22.3. The summed E-state index contributed by atoms with van der Waals surface area (Å²) < 4.78 is 24.2. The first-order chi connectivity index (χ1) is 14.7. The van der Waals surface area contributed by atoms with Crippen LogP contribution in [0, 0.1) is 0 Å². The number of amides is 1. The van der Waals surface area contributed by atoms with Crippen LogP contribution in [0.15, 0.2) is 60.2 Å². The molecule has 2 saturated heterocycles. The lowest BCUT2D eigenvalue weighted by Crippen LogP contribution is -2.40. The van der Waals surface area contributed by atoms with E-state index >= 15 is 0 Å². The van der Waals surface area contributed by atoms with Crippen LogP contribution in [0.2, 0.25) is 0 Å². The lowest BCUT2D eigenvalue weighted by Gasteiger charge is -2.30. The first kappa shape index (κ1) is 21.3. The lowest BCUT2D eigenvalue weighted by molar-refractivity contribution is -0.141. The summed E-state index contributed by atoms with van der Waals surface area (Å²) in [6.07, 6.45) is 0.279. The molecule has 2 fully saturated rings. The first-order valence-electron chi connectivity index (χ1n) is 10.4. The SMILES string of the molecule is CC(C)c1ccc([C@H]2C(=C(O)c3ccccc3)C(=O)C(=O)N2[C@@H]2CCS(=O)(=O)C2)cc1. The monoisotopic (exact) mass is 439 g/mol. The molecule has 1 amide bonds. The summed E-state index contributed by atoms with van der Waals surface area (Å²) in [4.78, 5) is 27.5. The number of likely N-dealkylation sites (tertiary alicyclic amines) is 1.